The van der Waals surface area contributed by atoms with E-state index in [1.165, 1.54) is 31.4 Å². The summed E-state index contributed by atoms with van der Waals surface area (Å²) in [6.07, 6.45) is 6.85. The number of hydrogen-bond acceptors (Lipinski definition) is 3. The lowest BCUT2D eigenvalue weighted by atomic mass is 9.89. The number of rotatable bonds is 7. The molecule has 0 bridgehead atoms. The normalized spacial score (nSPS) is 16.3. The van der Waals surface area contributed by atoms with Crippen molar-refractivity contribution in [1.82, 2.24) is 9.62 Å². The Balaban J connectivity index is 1.93. The van der Waals surface area contributed by atoms with Crippen LogP contribution in [0.5, 0.6) is 0 Å². The largest absolute Gasteiger partial charge is 0.355 e. The second-order valence-corrected chi connectivity index (χ2v) is 8.41. The van der Waals surface area contributed by atoms with Crippen molar-refractivity contribution in [2.75, 3.05) is 19.3 Å². The van der Waals surface area contributed by atoms with Crippen LogP contribution in [-0.4, -0.2) is 38.0 Å². The highest BCUT2D eigenvalue weighted by molar-refractivity contribution is 7.88. The van der Waals surface area contributed by atoms with E-state index in [2.05, 4.69) is 5.32 Å². The molecule has 7 heteroatoms. The molecule has 0 saturated heterocycles. The average molecular weight is 356 g/mol. The van der Waals surface area contributed by atoms with Gasteiger partial charge in [-0.3, -0.25) is 4.79 Å². The number of benzene rings is 1. The molecule has 1 fully saturated rings. The molecule has 24 heavy (non-hydrogen) atoms. The summed E-state index contributed by atoms with van der Waals surface area (Å²) in [4.78, 5) is 12.1. The van der Waals surface area contributed by atoms with Crippen LogP contribution >= 0.6 is 0 Å². The van der Waals surface area contributed by atoms with Gasteiger partial charge in [0.15, 0.2) is 0 Å². The molecule has 5 nitrogen and oxygen atoms in total. The quantitative estimate of drug-likeness (QED) is 0.815. The van der Waals surface area contributed by atoms with Gasteiger partial charge in [0.05, 0.1) is 12.8 Å². The Morgan fingerprint density at radius 1 is 1.25 bits per heavy atom. The SMILES string of the molecule is CS(=O)(=O)N(CC(=O)NCC1CCCCC1)Cc1ccccc1F. The van der Waals surface area contributed by atoms with Gasteiger partial charge in [0, 0.05) is 18.7 Å². The maximum atomic E-state index is 13.7. The van der Waals surface area contributed by atoms with E-state index in [-0.39, 0.29) is 24.6 Å². The number of carbonyl (C=O) groups is 1. The molecule has 1 aliphatic carbocycles. The molecule has 1 aromatic carbocycles. The van der Waals surface area contributed by atoms with Crippen LogP contribution in [0, 0.1) is 11.7 Å². The highest BCUT2D eigenvalue weighted by atomic mass is 32.2. The van der Waals surface area contributed by atoms with Crippen molar-refractivity contribution < 1.29 is 17.6 Å². The van der Waals surface area contributed by atoms with Crippen LogP contribution in [0.2, 0.25) is 0 Å². The minimum absolute atomic E-state index is 0.150. The van der Waals surface area contributed by atoms with Crippen LogP contribution in [0.15, 0.2) is 24.3 Å². The van der Waals surface area contributed by atoms with Crippen LogP contribution in [0.1, 0.15) is 37.7 Å². The molecule has 0 unspecified atom stereocenters. The van der Waals surface area contributed by atoms with E-state index in [1.807, 2.05) is 0 Å². The summed E-state index contributed by atoms with van der Waals surface area (Å²) >= 11 is 0. The van der Waals surface area contributed by atoms with Crippen LogP contribution < -0.4 is 5.32 Å². The summed E-state index contributed by atoms with van der Waals surface area (Å²) in [6.45, 7) is 0.137. The van der Waals surface area contributed by atoms with Crippen molar-refractivity contribution in [1.29, 1.82) is 0 Å². The first-order valence-electron chi connectivity index (χ1n) is 8.31. The topological polar surface area (TPSA) is 66.5 Å². The third-order valence-corrected chi connectivity index (χ3v) is 5.60. The molecule has 0 aromatic heterocycles. The van der Waals surface area contributed by atoms with Gasteiger partial charge in [-0.25, -0.2) is 12.8 Å². The lowest BCUT2D eigenvalue weighted by Gasteiger charge is -2.23. The molecular formula is C17H25FN2O3S. The van der Waals surface area contributed by atoms with E-state index in [1.54, 1.807) is 12.1 Å². The van der Waals surface area contributed by atoms with Crippen molar-refractivity contribution in [2.24, 2.45) is 5.92 Å². The smallest absolute Gasteiger partial charge is 0.235 e. The number of nitrogens with zero attached hydrogens (tertiary/aromatic N) is 1. The first kappa shape index (κ1) is 18.9. The van der Waals surface area contributed by atoms with Crippen LogP contribution in [0.3, 0.4) is 0 Å². The van der Waals surface area contributed by atoms with E-state index in [9.17, 15) is 17.6 Å². The lowest BCUT2D eigenvalue weighted by molar-refractivity contribution is -0.121. The van der Waals surface area contributed by atoms with Gasteiger partial charge in [-0.15, -0.1) is 0 Å². The summed E-state index contributed by atoms with van der Waals surface area (Å²) < 4.78 is 38.6. The van der Waals surface area contributed by atoms with Gasteiger partial charge in [0.25, 0.3) is 0 Å². The molecule has 134 valence electrons. The molecule has 0 radical (unpaired) electrons. The van der Waals surface area contributed by atoms with Crippen molar-refractivity contribution in [2.45, 2.75) is 38.6 Å². The zero-order valence-corrected chi connectivity index (χ0v) is 14.8. The lowest BCUT2D eigenvalue weighted by Crippen LogP contribution is -2.41. The molecule has 1 N–H and O–H groups in total. The fraction of sp³-hybridized carbons (Fsp3) is 0.588. The van der Waals surface area contributed by atoms with E-state index in [0.717, 1.165) is 23.4 Å². The second-order valence-electron chi connectivity index (χ2n) is 6.43. The first-order chi connectivity index (χ1) is 11.4. The van der Waals surface area contributed by atoms with Gasteiger partial charge in [-0.2, -0.15) is 4.31 Å². The van der Waals surface area contributed by atoms with Gasteiger partial charge >= 0.3 is 0 Å². The van der Waals surface area contributed by atoms with E-state index in [4.69, 9.17) is 0 Å². The van der Waals surface area contributed by atoms with Gasteiger partial charge in [-0.05, 0) is 24.8 Å². The molecule has 0 heterocycles. The Bertz CT molecular complexity index is 658. The van der Waals surface area contributed by atoms with Gasteiger partial charge in [0.1, 0.15) is 5.82 Å². The number of hydrogen-bond donors (Lipinski definition) is 1. The Kier molecular flexibility index (Phi) is 6.74. The van der Waals surface area contributed by atoms with Gasteiger partial charge < -0.3 is 5.32 Å². The second kappa shape index (κ2) is 8.58. The number of halogens is 1. The maximum Gasteiger partial charge on any atom is 0.235 e. The Labute approximate surface area is 143 Å². The Morgan fingerprint density at radius 2 is 1.92 bits per heavy atom. The zero-order chi connectivity index (χ0) is 17.6. The molecule has 0 spiro atoms. The minimum atomic E-state index is -3.61. The maximum absolute atomic E-state index is 13.7. The minimum Gasteiger partial charge on any atom is -0.355 e. The Morgan fingerprint density at radius 3 is 2.54 bits per heavy atom. The molecule has 1 aromatic rings. The van der Waals surface area contributed by atoms with Crippen molar-refractivity contribution in [3.63, 3.8) is 0 Å². The molecule has 2 rings (SSSR count). The van der Waals surface area contributed by atoms with Crippen LogP contribution in [-0.2, 0) is 21.4 Å². The predicted octanol–water partition coefficient (Wildman–Crippen LogP) is 2.28. The van der Waals surface area contributed by atoms with E-state index >= 15 is 0 Å². The van der Waals surface area contributed by atoms with Gasteiger partial charge in [-0.1, -0.05) is 37.5 Å². The van der Waals surface area contributed by atoms with Gasteiger partial charge in [0.2, 0.25) is 15.9 Å². The molecule has 0 atom stereocenters. The van der Waals surface area contributed by atoms with Crippen molar-refractivity contribution in [3.05, 3.63) is 35.6 Å². The molecule has 1 amide bonds. The summed E-state index contributed by atoms with van der Waals surface area (Å²) in [7, 11) is -3.61. The Hall–Kier alpha value is -1.47. The average Bonchev–Trinajstić information content (AvgIpc) is 2.54. The fourth-order valence-corrected chi connectivity index (χ4v) is 3.70. The zero-order valence-electron chi connectivity index (χ0n) is 14.0. The van der Waals surface area contributed by atoms with E-state index in [0.29, 0.717) is 12.5 Å². The van der Waals surface area contributed by atoms with Crippen LogP contribution in [0.25, 0.3) is 0 Å². The molecular weight excluding hydrogens is 331 g/mol. The first-order valence-corrected chi connectivity index (χ1v) is 10.2. The molecule has 1 aliphatic rings. The molecule has 1 saturated carbocycles. The number of sulfonamides is 1. The summed E-state index contributed by atoms with van der Waals surface area (Å²) in [5, 5.41) is 2.82. The highest BCUT2D eigenvalue weighted by Gasteiger charge is 2.22. The monoisotopic (exact) mass is 356 g/mol. The highest BCUT2D eigenvalue weighted by Crippen LogP contribution is 2.22. The summed E-state index contributed by atoms with van der Waals surface area (Å²) in [6, 6.07) is 5.98. The van der Waals surface area contributed by atoms with Crippen LogP contribution in [0.4, 0.5) is 4.39 Å². The number of nitrogens with one attached hydrogen (secondary N) is 1. The fourth-order valence-electron chi connectivity index (χ4n) is 2.97. The predicted molar refractivity (Wildman–Crippen MR) is 91.2 cm³/mol. The summed E-state index contributed by atoms with van der Waals surface area (Å²) in [5.41, 5.74) is 0.253. The van der Waals surface area contributed by atoms with E-state index < -0.39 is 15.8 Å². The molecule has 0 aliphatic heterocycles. The van der Waals surface area contributed by atoms with Crippen molar-refractivity contribution >= 4 is 15.9 Å². The third-order valence-electron chi connectivity index (χ3n) is 4.41. The standard InChI is InChI=1S/C17H25FN2O3S/c1-24(22,23)20(12-15-9-5-6-10-16(15)18)13-17(21)19-11-14-7-3-2-4-8-14/h5-6,9-10,14H,2-4,7-8,11-13H2,1H3,(H,19,21). The number of amides is 1. The van der Waals surface area contributed by atoms with Crippen molar-refractivity contribution in [3.8, 4) is 0 Å². The summed E-state index contributed by atoms with van der Waals surface area (Å²) in [5.74, 6) is -0.350. The number of carbonyl (C=O) groups excluding carboxylic acids is 1. The third kappa shape index (κ3) is 5.87.